The summed E-state index contributed by atoms with van der Waals surface area (Å²) in [6.45, 7) is 0. The first-order chi connectivity index (χ1) is 8.70. The van der Waals surface area contributed by atoms with E-state index in [1.54, 1.807) is 6.07 Å². The third-order valence-electron chi connectivity index (χ3n) is 3.28. The van der Waals surface area contributed by atoms with Crippen LogP contribution in [-0.2, 0) is 17.6 Å². The number of hydrogen-bond donors (Lipinski definition) is 2. The number of benzene rings is 1. The number of rotatable bonds is 5. The quantitative estimate of drug-likeness (QED) is 0.497. The molecule has 1 amide bonds. The van der Waals surface area contributed by atoms with Gasteiger partial charge in [-0.15, -0.1) is 0 Å². The summed E-state index contributed by atoms with van der Waals surface area (Å²) >= 11 is 3.41. The summed E-state index contributed by atoms with van der Waals surface area (Å²) < 4.78 is 0. The molecule has 0 aromatic heterocycles. The number of unbranched alkanes of at least 4 members (excludes halogenated alkanes) is 2. The predicted octanol–water partition coefficient (Wildman–Crippen LogP) is 3.38. The third kappa shape index (κ3) is 3.25. The Bertz CT molecular complexity index is 446. The zero-order chi connectivity index (χ0) is 13.0. The molecule has 0 saturated heterocycles. The Morgan fingerprint density at radius 3 is 2.83 bits per heavy atom. The number of phenolic OH excluding ortho intramolecular Hbond substituents is 1. The van der Waals surface area contributed by atoms with Crippen molar-refractivity contribution in [2.24, 2.45) is 0 Å². The first-order valence-electron chi connectivity index (χ1n) is 6.41. The van der Waals surface area contributed by atoms with Crippen molar-refractivity contribution < 1.29 is 9.90 Å². The molecule has 0 aliphatic carbocycles. The Balaban J connectivity index is 2.06. The number of hydrogen-bond acceptors (Lipinski definition) is 2. The monoisotopic (exact) mass is 311 g/mol. The highest BCUT2D eigenvalue weighted by Crippen LogP contribution is 2.31. The number of nitrogens with one attached hydrogen (secondary N) is 1. The lowest BCUT2D eigenvalue weighted by Gasteiger charge is -2.18. The molecular formula is C14H18BrNO2. The number of carbonyl (C=O) groups excluding carboxylic acids is 1. The van der Waals surface area contributed by atoms with Crippen LogP contribution in [0.3, 0.4) is 0 Å². The summed E-state index contributed by atoms with van der Waals surface area (Å²) in [5.74, 6) is 0.433. The van der Waals surface area contributed by atoms with Crippen LogP contribution in [0.1, 0.15) is 36.8 Å². The molecule has 2 rings (SSSR count). The Kier molecular flexibility index (Phi) is 4.64. The van der Waals surface area contributed by atoms with Crippen LogP contribution in [0.4, 0.5) is 5.69 Å². The molecular weight excluding hydrogens is 294 g/mol. The maximum Gasteiger partial charge on any atom is 0.224 e. The van der Waals surface area contributed by atoms with Crippen molar-refractivity contribution in [3.63, 3.8) is 0 Å². The molecule has 0 saturated carbocycles. The average Bonchev–Trinajstić information content (AvgIpc) is 2.35. The van der Waals surface area contributed by atoms with E-state index in [2.05, 4.69) is 21.2 Å². The molecule has 0 spiro atoms. The first kappa shape index (κ1) is 13.4. The second kappa shape index (κ2) is 6.23. The number of fused-ring (bicyclic) bond motifs is 1. The van der Waals surface area contributed by atoms with Gasteiger partial charge in [0.05, 0.1) is 0 Å². The minimum absolute atomic E-state index is 0.0680. The number of phenols is 1. The van der Waals surface area contributed by atoms with E-state index in [1.165, 1.54) is 0 Å². The molecule has 0 unspecified atom stereocenters. The van der Waals surface area contributed by atoms with Crippen molar-refractivity contribution in [1.82, 2.24) is 0 Å². The molecule has 1 heterocycles. The highest BCUT2D eigenvalue weighted by Gasteiger charge is 2.16. The lowest BCUT2D eigenvalue weighted by atomic mass is 9.97. The van der Waals surface area contributed by atoms with Gasteiger partial charge in [0, 0.05) is 17.4 Å². The van der Waals surface area contributed by atoms with E-state index < -0.39 is 0 Å². The van der Waals surface area contributed by atoms with Crippen LogP contribution in [0.15, 0.2) is 12.1 Å². The minimum Gasteiger partial charge on any atom is -0.508 e. The molecule has 0 fully saturated rings. The molecule has 3 nitrogen and oxygen atoms in total. The Morgan fingerprint density at radius 2 is 2.06 bits per heavy atom. The van der Waals surface area contributed by atoms with Gasteiger partial charge < -0.3 is 10.4 Å². The maximum absolute atomic E-state index is 11.3. The van der Waals surface area contributed by atoms with Gasteiger partial charge in [0.15, 0.2) is 0 Å². The van der Waals surface area contributed by atoms with E-state index in [-0.39, 0.29) is 5.91 Å². The fourth-order valence-electron chi connectivity index (χ4n) is 2.25. The Hall–Kier alpha value is -1.03. The number of anilines is 1. The fourth-order valence-corrected chi connectivity index (χ4v) is 2.64. The number of aryl methyl sites for hydroxylation is 2. The Morgan fingerprint density at radius 1 is 1.22 bits per heavy atom. The van der Waals surface area contributed by atoms with Crippen LogP contribution in [0, 0.1) is 0 Å². The summed E-state index contributed by atoms with van der Waals surface area (Å²) in [5.41, 5.74) is 2.85. The van der Waals surface area contributed by atoms with Gasteiger partial charge in [-0.3, -0.25) is 4.79 Å². The lowest BCUT2D eigenvalue weighted by Crippen LogP contribution is -2.19. The molecule has 0 radical (unpaired) electrons. The highest BCUT2D eigenvalue weighted by atomic mass is 79.9. The number of aromatic hydroxyl groups is 1. The third-order valence-corrected chi connectivity index (χ3v) is 3.84. The summed E-state index contributed by atoms with van der Waals surface area (Å²) in [7, 11) is 0. The number of alkyl halides is 1. The van der Waals surface area contributed by atoms with E-state index in [9.17, 15) is 9.90 Å². The second-order valence-electron chi connectivity index (χ2n) is 4.69. The Labute approximate surface area is 116 Å². The number of carbonyl (C=O) groups is 1. The standard InChI is InChI=1S/C14H18BrNO2/c15-7-3-1-2-4-11-8-12-10(9-13(11)17)5-6-14(18)16-12/h8-9,17H,1-7H2,(H,16,18). The molecule has 2 N–H and O–H groups in total. The van der Waals surface area contributed by atoms with Gasteiger partial charge in [-0.05, 0) is 48.9 Å². The van der Waals surface area contributed by atoms with E-state index in [0.29, 0.717) is 12.2 Å². The largest absolute Gasteiger partial charge is 0.508 e. The SMILES string of the molecule is O=C1CCc2cc(O)c(CCCCCBr)cc2N1. The van der Waals surface area contributed by atoms with Gasteiger partial charge in [-0.1, -0.05) is 22.4 Å². The number of amides is 1. The van der Waals surface area contributed by atoms with Crippen molar-refractivity contribution in [3.05, 3.63) is 23.3 Å². The molecule has 1 aliphatic rings. The van der Waals surface area contributed by atoms with Crippen LogP contribution in [0.25, 0.3) is 0 Å². The minimum atomic E-state index is 0.0680. The first-order valence-corrected chi connectivity index (χ1v) is 7.53. The van der Waals surface area contributed by atoms with Crippen molar-refractivity contribution in [2.75, 3.05) is 10.6 Å². The van der Waals surface area contributed by atoms with Crippen LogP contribution in [-0.4, -0.2) is 16.3 Å². The summed E-state index contributed by atoms with van der Waals surface area (Å²) in [4.78, 5) is 11.3. The van der Waals surface area contributed by atoms with Gasteiger partial charge >= 0.3 is 0 Å². The second-order valence-corrected chi connectivity index (χ2v) is 5.48. The van der Waals surface area contributed by atoms with Gasteiger partial charge in [-0.25, -0.2) is 0 Å². The summed E-state index contributed by atoms with van der Waals surface area (Å²) in [6.07, 6.45) is 5.46. The van der Waals surface area contributed by atoms with Crippen molar-refractivity contribution in [3.8, 4) is 5.75 Å². The highest BCUT2D eigenvalue weighted by molar-refractivity contribution is 9.09. The van der Waals surface area contributed by atoms with E-state index in [0.717, 1.165) is 54.2 Å². The van der Waals surface area contributed by atoms with Crippen LogP contribution < -0.4 is 5.32 Å². The van der Waals surface area contributed by atoms with Crippen LogP contribution in [0.2, 0.25) is 0 Å². The maximum atomic E-state index is 11.3. The van der Waals surface area contributed by atoms with E-state index in [4.69, 9.17) is 0 Å². The van der Waals surface area contributed by atoms with Gasteiger partial charge in [0.25, 0.3) is 0 Å². The number of halogens is 1. The fraction of sp³-hybridized carbons (Fsp3) is 0.500. The molecule has 98 valence electrons. The molecule has 1 aromatic carbocycles. The van der Waals surface area contributed by atoms with Gasteiger partial charge in [-0.2, -0.15) is 0 Å². The summed E-state index contributed by atoms with van der Waals surface area (Å²) in [5, 5.41) is 13.9. The summed E-state index contributed by atoms with van der Waals surface area (Å²) in [6, 6.07) is 3.73. The topological polar surface area (TPSA) is 49.3 Å². The van der Waals surface area contributed by atoms with Crippen LogP contribution >= 0.6 is 15.9 Å². The van der Waals surface area contributed by atoms with Crippen molar-refractivity contribution >= 4 is 27.5 Å². The predicted molar refractivity (Wildman–Crippen MR) is 76.4 cm³/mol. The zero-order valence-corrected chi connectivity index (χ0v) is 11.9. The molecule has 0 bridgehead atoms. The van der Waals surface area contributed by atoms with E-state index in [1.807, 2.05) is 6.07 Å². The molecule has 4 heteroatoms. The van der Waals surface area contributed by atoms with Crippen molar-refractivity contribution in [2.45, 2.75) is 38.5 Å². The van der Waals surface area contributed by atoms with Crippen LogP contribution in [0.5, 0.6) is 5.75 Å². The van der Waals surface area contributed by atoms with Gasteiger partial charge in [0.2, 0.25) is 5.91 Å². The lowest BCUT2D eigenvalue weighted by molar-refractivity contribution is -0.116. The van der Waals surface area contributed by atoms with Crippen molar-refractivity contribution in [1.29, 1.82) is 0 Å². The normalized spacial score (nSPS) is 14.2. The molecule has 1 aliphatic heterocycles. The van der Waals surface area contributed by atoms with Gasteiger partial charge in [0.1, 0.15) is 5.75 Å². The average molecular weight is 312 g/mol. The molecule has 18 heavy (non-hydrogen) atoms. The smallest absolute Gasteiger partial charge is 0.224 e. The molecule has 0 atom stereocenters. The zero-order valence-electron chi connectivity index (χ0n) is 10.3. The molecule has 1 aromatic rings. The van der Waals surface area contributed by atoms with E-state index >= 15 is 0 Å².